The van der Waals surface area contributed by atoms with Crippen molar-refractivity contribution in [1.82, 2.24) is 9.80 Å². The van der Waals surface area contributed by atoms with E-state index in [1.54, 1.807) is 0 Å². The minimum absolute atomic E-state index is 0.0303. The molecule has 0 aromatic heterocycles. The van der Waals surface area contributed by atoms with Gasteiger partial charge in [0.2, 0.25) is 0 Å². The fourth-order valence-corrected chi connectivity index (χ4v) is 5.21. The molecule has 0 radical (unpaired) electrons. The summed E-state index contributed by atoms with van der Waals surface area (Å²) in [4.78, 5) is 17.0. The summed E-state index contributed by atoms with van der Waals surface area (Å²) in [6, 6.07) is 0.799. The number of rotatable bonds is 8. The van der Waals surface area contributed by atoms with Crippen molar-refractivity contribution in [3.63, 3.8) is 0 Å². The molecule has 0 aromatic rings. The SMILES string of the molecule is CCOC(=O)[C@H]1CC[C@H](OC[C@@H]2[C@@H](OCC)[C@H](N3CCCCC3)CN2C)CC1. The third kappa shape index (κ3) is 5.47. The summed E-state index contributed by atoms with van der Waals surface area (Å²) in [5, 5.41) is 0. The van der Waals surface area contributed by atoms with E-state index >= 15 is 0 Å². The van der Waals surface area contributed by atoms with E-state index in [2.05, 4.69) is 23.8 Å². The molecule has 28 heavy (non-hydrogen) atoms. The summed E-state index contributed by atoms with van der Waals surface area (Å²) in [6.45, 7) is 9.39. The van der Waals surface area contributed by atoms with Crippen molar-refractivity contribution in [2.24, 2.45) is 5.92 Å². The van der Waals surface area contributed by atoms with Crippen LogP contribution in [0, 0.1) is 5.92 Å². The Labute approximate surface area is 170 Å². The number of nitrogens with zero attached hydrogens (tertiary/aromatic N) is 2. The number of hydrogen-bond acceptors (Lipinski definition) is 6. The third-order valence-electron chi connectivity index (χ3n) is 6.82. The van der Waals surface area contributed by atoms with Crippen LogP contribution in [0.1, 0.15) is 58.8 Å². The van der Waals surface area contributed by atoms with Gasteiger partial charge in [-0.3, -0.25) is 14.6 Å². The summed E-state index contributed by atoms with van der Waals surface area (Å²) in [7, 11) is 2.21. The molecule has 1 saturated carbocycles. The Bertz CT molecular complexity index is 475. The van der Waals surface area contributed by atoms with Crippen LogP contribution in [0.4, 0.5) is 0 Å². The predicted molar refractivity (Wildman–Crippen MR) is 109 cm³/mol. The molecular weight excluding hydrogens is 356 g/mol. The summed E-state index contributed by atoms with van der Waals surface area (Å²) in [6.07, 6.45) is 8.14. The van der Waals surface area contributed by atoms with Gasteiger partial charge in [-0.2, -0.15) is 0 Å². The minimum Gasteiger partial charge on any atom is -0.466 e. The first-order valence-corrected chi connectivity index (χ1v) is 11.5. The van der Waals surface area contributed by atoms with E-state index in [9.17, 15) is 4.79 Å². The number of likely N-dealkylation sites (tertiary alicyclic amines) is 2. The number of carbonyl (C=O) groups is 1. The fraction of sp³-hybridized carbons (Fsp3) is 0.955. The molecule has 0 bridgehead atoms. The minimum atomic E-state index is -0.0303. The molecule has 6 heteroatoms. The Morgan fingerprint density at radius 1 is 0.964 bits per heavy atom. The van der Waals surface area contributed by atoms with E-state index in [1.807, 2.05) is 6.92 Å². The second-order valence-electron chi connectivity index (χ2n) is 8.65. The lowest BCUT2D eigenvalue weighted by atomic mass is 9.87. The van der Waals surface area contributed by atoms with Crippen molar-refractivity contribution in [2.75, 3.05) is 46.5 Å². The monoisotopic (exact) mass is 396 g/mol. The van der Waals surface area contributed by atoms with Gasteiger partial charge in [-0.1, -0.05) is 6.42 Å². The van der Waals surface area contributed by atoms with E-state index in [1.165, 1.54) is 32.4 Å². The second kappa shape index (κ2) is 10.9. The second-order valence-corrected chi connectivity index (χ2v) is 8.65. The number of ether oxygens (including phenoxy) is 3. The van der Waals surface area contributed by atoms with Gasteiger partial charge in [0, 0.05) is 13.2 Å². The molecule has 162 valence electrons. The van der Waals surface area contributed by atoms with Crippen molar-refractivity contribution in [3.05, 3.63) is 0 Å². The molecular formula is C22H40N2O4. The average molecular weight is 397 g/mol. The quantitative estimate of drug-likeness (QED) is 0.588. The molecule has 2 heterocycles. The molecule has 2 aliphatic heterocycles. The van der Waals surface area contributed by atoms with Gasteiger partial charge < -0.3 is 14.2 Å². The first kappa shape index (κ1) is 22.0. The normalized spacial score (nSPS) is 35.2. The van der Waals surface area contributed by atoms with Crippen LogP contribution in [0.2, 0.25) is 0 Å². The van der Waals surface area contributed by atoms with Crippen molar-refractivity contribution in [3.8, 4) is 0 Å². The van der Waals surface area contributed by atoms with Crippen molar-refractivity contribution < 1.29 is 19.0 Å². The molecule has 6 nitrogen and oxygen atoms in total. The Hall–Kier alpha value is -0.690. The molecule has 3 atom stereocenters. The molecule has 2 saturated heterocycles. The van der Waals surface area contributed by atoms with Crippen molar-refractivity contribution >= 4 is 5.97 Å². The van der Waals surface area contributed by atoms with Crippen LogP contribution >= 0.6 is 0 Å². The van der Waals surface area contributed by atoms with Crippen molar-refractivity contribution in [2.45, 2.75) is 83.1 Å². The van der Waals surface area contributed by atoms with Gasteiger partial charge in [-0.05, 0) is 72.5 Å². The Balaban J connectivity index is 1.49. The van der Waals surface area contributed by atoms with Gasteiger partial charge in [0.25, 0.3) is 0 Å². The summed E-state index contributed by atoms with van der Waals surface area (Å²) < 4.78 is 17.8. The molecule has 0 aromatic carbocycles. The van der Waals surface area contributed by atoms with Gasteiger partial charge in [0.1, 0.15) is 0 Å². The first-order valence-electron chi connectivity index (χ1n) is 11.5. The van der Waals surface area contributed by atoms with E-state index in [0.29, 0.717) is 18.7 Å². The molecule has 0 amide bonds. The van der Waals surface area contributed by atoms with Gasteiger partial charge in [0.05, 0.1) is 43.4 Å². The molecule has 3 rings (SSSR count). The van der Waals surface area contributed by atoms with Gasteiger partial charge >= 0.3 is 5.97 Å². The lowest BCUT2D eigenvalue weighted by molar-refractivity contribution is -0.150. The largest absolute Gasteiger partial charge is 0.466 e. The zero-order chi connectivity index (χ0) is 19.9. The van der Waals surface area contributed by atoms with Crippen LogP contribution in [0.5, 0.6) is 0 Å². The van der Waals surface area contributed by atoms with Crippen molar-refractivity contribution in [1.29, 1.82) is 0 Å². The first-order chi connectivity index (χ1) is 13.6. The predicted octanol–water partition coefficient (Wildman–Crippen LogP) is 2.70. The summed E-state index contributed by atoms with van der Waals surface area (Å²) in [5.74, 6) is 0.0332. The van der Waals surface area contributed by atoms with E-state index < -0.39 is 0 Å². The highest BCUT2D eigenvalue weighted by molar-refractivity contribution is 5.72. The van der Waals surface area contributed by atoms with Crippen LogP contribution < -0.4 is 0 Å². The van der Waals surface area contributed by atoms with Gasteiger partial charge in [0.15, 0.2) is 0 Å². The van der Waals surface area contributed by atoms with Crippen LogP contribution in [0.3, 0.4) is 0 Å². The smallest absolute Gasteiger partial charge is 0.308 e. The highest BCUT2D eigenvalue weighted by Gasteiger charge is 2.44. The maximum atomic E-state index is 11.9. The third-order valence-corrected chi connectivity index (χ3v) is 6.82. The molecule has 3 fully saturated rings. The number of piperidine rings is 1. The Kier molecular flexibility index (Phi) is 8.57. The maximum Gasteiger partial charge on any atom is 0.308 e. The van der Waals surface area contributed by atoms with Gasteiger partial charge in [-0.25, -0.2) is 0 Å². The highest BCUT2D eigenvalue weighted by Crippen LogP contribution is 2.30. The fourth-order valence-electron chi connectivity index (χ4n) is 5.21. The number of carbonyl (C=O) groups excluding carboxylic acids is 1. The van der Waals surface area contributed by atoms with E-state index in [4.69, 9.17) is 14.2 Å². The molecule has 0 unspecified atom stereocenters. The van der Waals surface area contributed by atoms with E-state index in [0.717, 1.165) is 45.4 Å². The Morgan fingerprint density at radius 2 is 1.68 bits per heavy atom. The molecule has 1 aliphatic carbocycles. The Morgan fingerprint density at radius 3 is 2.32 bits per heavy atom. The molecule has 3 aliphatic rings. The average Bonchev–Trinajstić information content (AvgIpc) is 3.03. The maximum absolute atomic E-state index is 11.9. The summed E-state index contributed by atoms with van der Waals surface area (Å²) >= 11 is 0. The van der Waals surface area contributed by atoms with Crippen LogP contribution in [-0.2, 0) is 19.0 Å². The molecule has 0 spiro atoms. The number of hydrogen-bond donors (Lipinski definition) is 0. The van der Waals surface area contributed by atoms with Gasteiger partial charge in [-0.15, -0.1) is 0 Å². The summed E-state index contributed by atoms with van der Waals surface area (Å²) in [5.41, 5.74) is 0. The van der Waals surface area contributed by atoms with Crippen LogP contribution in [0.25, 0.3) is 0 Å². The van der Waals surface area contributed by atoms with E-state index in [-0.39, 0.29) is 24.1 Å². The zero-order valence-electron chi connectivity index (χ0n) is 18.1. The zero-order valence-corrected chi connectivity index (χ0v) is 18.1. The highest BCUT2D eigenvalue weighted by atomic mass is 16.5. The standard InChI is InChI=1S/C22H40N2O4/c1-4-26-21-19(24-13-7-6-8-14-24)15-23(3)20(21)16-28-18-11-9-17(10-12-18)22(25)27-5-2/h17-21H,4-16H2,1-3H3/t17-,18-,19-,20-,21+/m1/s1. The lowest BCUT2D eigenvalue weighted by Gasteiger charge is -2.36. The van der Waals surface area contributed by atoms with Crippen LogP contribution in [0.15, 0.2) is 0 Å². The molecule has 0 N–H and O–H groups in total. The lowest BCUT2D eigenvalue weighted by Crippen LogP contribution is -2.49. The van der Waals surface area contributed by atoms with Crippen LogP contribution in [-0.4, -0.2) is 86.6 Å². The topological polar surface area (TPSA) is 51.2 Å². The number of esters is 1. The number of likely N-dealkylation sites (N-methyl/N-ethyl adjacent to an activating group) is 1.